The zero-order valence-corrected chi connectivity index (χ0v) is 19.5. The van der Waals surface area contributed by atoms with Gasteiger partial charge in [-0.05, 0) is 87.4 Å². The second-order valence-corrected chi connectivity index (χ2v) is 9.76. The van der Waals surface area contributed by atoms with E-state index < -0.39 is 0 Å². The number of amides is 1. The van der Waals surface area contributed by atoms with E-state index in [1.165, 1.54) is 29.5 Å². The number of hydrogen-bond acceptors (Lipinski definition) is 3. The van der Waals surface area contributed by atoms with Crippen molar-refractivity contribution in [3.63, 3.8) is 0 Å². The van der Waals surface area contributed by atoms with Crippen LogP contribution in [0, 0.1) is 26.7 Å². The third-order valence-corrected chi connectivity index (χ3v) is 7.36. The van der Waals surface area contributed by atoms with Crippen LogP contribution in [-0.4, -0.2) is 34.6 Å². The van der Waals surface area contributed by atoms with E-state index in [0.717, 1.165) is 61.4 Å². The fourth-order valence-electron chi connectivity index (χ4n) is 5.28. The highest BCUT2D eigenvalue weighted by Crippen LogP contribution is 2.32. The molecule has 0 radical (unpaired) electrons. The Kier molecular flexibility index (Phi) is 5.66. The molecular formula is C27H34N4O. The van der Waals surface area contributed by atoms with E-state index in [4.69, 9.17) is 4.98 Å². The summed E-state index contributed by atoms with van der Waals surface area (Å²) in [7, 11) is 0. The molecule has 5 rings (SSSR count). The van der Waals surface area contributed by atoms with Crippen LogP contribution in [0.25, 0.3) is 16.7 Å². The Morgan fingerprint density at radius 2 is 1.69 bits per heavy atom. The van der Waals surface area contributed by atoms with Gasteiger partial charge in [-0.2, -0.15) is 0 Å². The van der Waals surface area contributed by atoms with Crippen molar-refractivity contribution in [1.82, 2.24) is 14.9 Å². The van der Waals surface area contributed by atoms with Gasteiger partial charge in [0.25, 0.3) is 0 Å². The van der Waals surface area contributed by atoms with Crippen LogP contribution in [0.2, 0.25) is 0 Å². The normalized spacial score (nSPS) is 17.9. The predicted molar refractivity (Wildman–Crippen MR) is 131 cm³/mol. The zero-order chi connectivity index (χ0) is 22.2. The second-order valence-electron chi connectivity index (χ2n) is 9.76. The van der Waals surface area contributed by atoms with Gasteiger partial charge >= 0.3 is 0 Å². The molecule has 2 aliphatic rings. The quantitative estimate of drug-likeness (QED) is 0.617. The number of carbonyl (C=O) groups is 1. The number of benzene rings is 2. The standard InChI is InChI=1S/C27H34N4O/c1-18-7-6-10-23(15-18)31-25-17-20(3)19(2)16-24(25)29-27(31)30-13-11-21(12-14-30)26(32)28-22-8-4-5-9-22/h6-7,10,15-17,21-22H,4-5,8-9,11-14H2,1-3H3,(H,28,32). The van der Waals surface area contributed by atoms with Crippen LogP contribution in [0.1, 0.15) is 55.2 Å². The summed E-state index contributed by atoms with van der Waals surface area (Å²) in [5.74, 6) is 1.37. The third kappa shape index (κ3) is 4.01. The van der Waals surface area contributed by atoms with Crippen molar-refractivity contribution in [2.24, 2.45) is 5.92 Å². The van der Waals surface area contributed by atoms with Crippen molar-refractivity contribution in [3.05, 3.63) is 53.1 Å². The Balaban J connectivity index is 1.43. The molecule has 5 nitrogen and oxygen atoms in total. The van der Waals surface area contributed by atoms with Crippen LogP contribution in [0.4, 0.5) is 5.95 Å². The minimum absolute atomic E-state index is 0.119. The molecule has 1 N–H and O–H groups in total. The fourth-order valence-corrected chi connectivity index (χ4v) is 5.28. The Morgan fingerprint density at radius 3 is 2.41 bits per heavy atom. The number of piperidine rings is 1. The van der Waals surface area contributed by atoms with Crippen molar-refractivity contribution in [3.8, 4) is 5.69 Å². The summed E-state index contributed by atoms with van der Waals surface area (Å²) >= 11 is 0. The highest BCUT2D eigenvalue weighted by molar-refractivity contribution is 5.83. The maximum absolute atomic E-state index is 12.8. The van der Waals surface area contributed by atoms with Gasteiger partial charge in [-0.1, -0.05) is 25.0 Å². The maximum Gasteiger partial charge on any atom is 0.223 e. The molecule has 0 spiro atoms. The molecule has 5 heteroatoms. The number of aryl methyl sites for hydroxylation is 3. The van der Waals surface area contributed by atoms with E-state index in [1.807, 2.05) is 0 Å². The van der Waals surface area contributed by atoms with Gasteiger partial charge in [0.1, 0.15) is 0 Å². The molecule has 2 aromatic carbocycles. The Morgan fingerprint density at radius 1 is 0.969 bits per heavy atom. The van der Waals surface area contributed by atoms with E-state index in [9.17, 15) is 4.79 Å². The molecule has 3 aromatic rings. The monoisotopic (exact) mass is 430 g/mol. The number of nitrogens with one attached hydrogen (secondary N) is 1. The number of fused-ring (bicyclic) bond motifs is 1. The minimum atomic E-state index is 0.119. The summed E-state index contributed by atoms with van der Waals surface area (Å²) in [5, 5.41) is 3.30. The lowest BCUT2D eigenvalue weighted by Crippen LogP contribution is -2.43. The first-order chi connectivity index (χ1) is 15.5. The first-order valence-electron chi connectivity index (χ1n) is 12.1. The molecular weight excluding hydrogens is 396 g/mol. The highest BCUT2D eigenvalue weighted by atomic mass is 16.1. The summed E-state index contributed by atoms with van der Waals surface area (Å²) in [6.45, 7) is 8.16. The van der Waals surface area contributed by atoms with Crippen molar-refractivity contribution in [2.45, 2.75) is 65.3 Å². The topological polar surface area (TPSA) is 50.2 Å². The summed E-state index contributed by atoms with van der Waals surface area (Å²) in [6.07, 6.45) is 6.55. The van der Waals surface area contributed by atoms with Crippen molar-refractivity contribution in [1.29, 1.82) is 0 Å². The fraction of sp³-hybridized carbons (Fsp3) is 0.481. The smallest absolute Gasteiger partial charge is 0.223 e. The second kappa shape index (κ2) is 8.61. The molecule has 168 valence electrons. The van der Waals surface area contributed by atoms with E-state index in [0.29, 0.717) is 6.04 Å². The molecule has 0 atom stereocenters. The molecule has 0 unspecified atom stereocenters. The molecule has 2 fully saturated rings. The van der Waals surface area contributed by atoms with Crippen LogP contribution in [0.5, 0.6) is 0 Å². The summed E-state index contributed by atoms with van der Waals surface area (Å²) in [4.78, 5) is 20.2. The van der Waals surface area contributed by atoms with Gasteiger partial charge in [0.05, 0.1) is 11.0 Å². The van der Waals surface area contributed by atoms with Gasteiger partial charge in [0.15, 0.2) is 0 Å². The molecule has 1 aliphatic carbocycles. The van der Waals surface area contributed by atoms with E-state index in [-0.39, 0.29) is 11.8 Å². The SMILES string of the molecule is Cc1cccc(-n2c(N3CCC(C(=O)NC4CCCC4)CC3)nc3cc(C)c(C)cc32)c1. The molecule has 1 aliphatic heterocycles. The minimum Gasteiger partial charge on any atom is -0.353 e. The number of nitrogens with zero attached hydrogens (tertiary/aromatic N) is 3. The lowest BCUT2D eigenvalue weighted by Gasteiger charge is -2.33. The number of hydrogen-bond donors (Lipinski definition) is 1. The van der Waals surface area contributed by atoms with Gasteiger partial charge < -0.3 is 10.2 Å². The van der Waals surface area contributed by atoms with Crippen LogP contribution < -0.4 is 10.2 Å². The van der Waals surface area contributed by atoms with Crippen molar-refractivity contribution < 1.29 is 4.79 Å². The Bertz CT molecular complexity index is 1130. The number of imidazole rings is 1. The van der Waals surface area contributed by atoms with Gasteiger partial charge in [0, 0.05) is 30.7 Å². The molecule has 0 bridgehead atoms. The highest BCUT2D eigenvalue weighted by Gasteiger charge is 2.29. The van der Waals surface area contributed by atoms with Crippen LogP contribution in [0.15, 0.2) is 36.4 Å². The maximum atomic E-state index is 12.8. The molecule has 2 heterocycles. The van der Waals surface area contributed by atoms with Gasteiger partial charge in [-0.25, -0.2) is 4.98 Å². The number of aromatic nitrogens is 2. The van der Waals surface area contributed by atoms with Crippen molar-refractivity contribution in [2.75, 3.05) is 18.0 Å². The largest absolute Gasteiger partial charge is 0.353 e. The van der Waals surface area contributed by atoms with E-state index in [1.54, 1.807) is 0 Å². The number of carbonyl (C=O) groups excluding carboxylic acids is 1. The van der Waals surface area contributed by atoms with E-state index in [2.05, 4.69) is 72.0 Å². The lowest BCUT2D eigenvalue weighted by atomic mass is 9.95. The van der Waals surface area contributed by atoms with Crippen LogP contribution >= 0.6 is 0 Å². The first-order valence-corrected chi connectivity index (χ1v) is 12.1. The van der Waals surface area contributed by atoms with Gasteiger partial charge in [-0.3, -0.25) is 9.36 Å². The Hall–Kier alpha value is -2.82. The lowest BCUT2D eigenvalue weighted by molar-refractivity contribution is -0.126. The van der Waals surface area contributed by atoms with Crippen molar-refractivity contribution >= 4 is 22.9 Å². The average Bonchev–Trinajstić information content (AvgIpc) is 3.42. The summed E-state index contributed by atoms with van der Waals surface area (Å²) < 4.78 is 2.30. The molecule has 1 aromatic heterocycles. The summed E-state index contributed by atoms with van der Waals surface area (Å²) in [6, 6.07) is 13.5. The summed E-state index contributed by atoms with van der Waals surface area (Å²) in [5.41, 5.74) is 7.11. The van der Waals surface area contributed by atoms with Gasteiger partial charge in [-0.15, -0.1) is 0 Å². The molecule has 1 amide bonds. The van der Waals surface area contributed by atoms with E-state index >= 15 is 0 Å². The number of anilines is 1. The van der Waals surface area contributed by atoms with Gasteiger partial charge in [0.2, 0.25) is 11.9 Å². The third-order valence-electron chi connectivity index (χ3n) is 7.36. The predicted octanol–water partition coefficient (Wildman–Crippen LogP) is 5.23. The average molecular weight is 431 g/mol. The zero-order valence-electron chi connectivity index (χ0n) is 19.5. The molecule has 1 saturated carbocycles. The molecule has 1 saturated heterocycles. The van der Waals surface area contributed by atoms with Crippen LogP contribution in [-0.2, 0) is 4.79 Å². The first kappa shape index (κ1) is 21.0. The van der Waals surface area contributed by atoms with Crippen LogP contribution in [0.3, 0.4) is 0 Å². The number of rotatable bonds is 4. The molecule has 32 heavy (non-hydrogen) atoms. The Labute approximate surface area is 190 Å².